The molecular weight excluding hydrogens is 290 g/mol. The Morgan fingerprint density at radius 1 is 1.00 bits per heavy atom. The number of nitrogens with two attached hydrogens (primary N) is 1. The number of hydrogen-bond donors (Lipinski definition) is 1. The van der Waals surface area contributed by atoms with E-state index in [9.17, 15) is 0 Å². The van der Waals surface area contributed by atoms with Crippen LogP contribution in [0.25, 0.3) is 0 Å². The van der Waals surface area contributed by atoms with E-state index in [1.165, 1.54) is 11.1 Å². The molecule has 0 atom stereocenters. The molecule has 0 aliphatic heterocycles. The molecular formula is C15H17BrNO+. The van der Waals surface area contributed by atoms with Gasteiger partial charge in [-0.25, -0.2) is 0 Å². The second kappa shape index (κ2) is 6.57. The van der Waals surface area contributed by atoms with Gasteiger partial charge in [0.05, 0.1) is 7.11 Å². The lowest BCUT2D eigenvalue weighted by Gasteiger charge is -2.04. The van der Waals surface area contributed by atoms with Crippen LogP contribution in [0.5, 0.6) is 5.75 Å². The topological polar surface area (TPSA) is 25.8 Å². The summed E-state index contributed by atoms with van der Waals surface area (Å²) in [6.07, 6.45) is 0. The van der Waals surface area contributed by atoms with Crippen molar-refractivity contribution < 1.29 is 10.1 Å². The lowest BCUT2D eigenvalue weighted by atomic mass is 10.2. The Labute approximate surface area is 116 Å². The predicted octanol–water partition coefficient (Wildman–Crippen LogP) is 2.72. The van der Waals surface area contributed by atoms with E-state index in [2.05, 4.69) is 51.6 Å². The summed E-state index contributed by atoms with van der Waals surface area (Å²) in [4.78, 5) is 0. The predicted molar refractivity (Wildman–Crippen MR) is 76.5 cm³/mol. The molecule has 3 heteroatoms. The van der Waals surface area contributed by atoms with Crippen LogP contribution < -0.4 is 10.1 Å². The first kappa shape index (κ1) is 13.1. The van der Waals surface area contributed by atoms with Crippen molar-refractivity contribution in [3.8, 4) is 5.75 Å². The van der Waals surface area contributed by atoms with E-state index >= 15 is 0 Å². The van der Waals surface area contributed by atoms with Crippen LogP contribution in [0, 0.1) is 0 Å². The number of rotatable bonds is 5. The maximum Gasteiger partial charge on any atom is 0.118 e. The Morgan fingerprint density at radius 2 is 1.72 bits per heavy atom. The highest BCUT2D eigenvalue weighted by Gasteiger charge is 1.99. The van der Waals surface area contributed by atoms with Gasteiger partial charge in [0.2, 0.25) is 0 Å². The van der Waals surface area contributed by atoms with Crippen molar-refractivity contribution in [2.45, 2.75) is 13.1 Å². The normalized spacial score (nSPS) is 10.3. The van der Waals surface area contributed by atoms with Gasteiger partial charge in [-0.2, -0.15) is 0 Å². The Kier molecular flexibility index (Phi) is 4.79. The second-order valence-electron chi connectivity index (χ2n) is 4.17. The van der Waals surface area contributed by atoms with Gasteiger partial charge in [-0.3, -0.25) is 0 Å². The minimum atomic E-state index is 0.908. The van der Waals surface area contributed by atoms with Crippen LogP contribution in [0.15, 0.2) is 53.0 Å². The van der Waals surface area contributed by atoms with Gasteiger partial charge in [0.15, 0.2) is 0 Å². The number of methoxy groups -OCH3 is 1. The SMILES string of the molecule is COc1ccc(C[NH2+]Cc2cccc(Br)c2)cc1. The van der Waals surface area contributed by atoms with Crippen LogP contribution in [0.4, 0.5) is 0 Å². The van der Waals surface area contributed by atoms with E-state index < -0.39 is 0 Å². The van der Waals surface area contributed by atoms with Crippen molar-refractivity contribution >= 4 is 15.9 Å². The van der Waals surface area contributed by atoms with Crippen LogP contribution in [0.3, 0.4) is 0 Å². The molecule has 0 bridgehead atoms. The fourth-order valence-electron chi connectivity index (χ4n) is 1.83. The number of hydrogen-bond acceptors (Lipinski definition) is 1. The van der Waals surface area contributed by atoms with Crippen LogP contribution >= 0.6 is 15.9 Å². The summed E-state index contributed by atoms with van der Waals surface area (Å²) in [5.74, 6) is 0.908. The molecule has 2 rings (SSSR count). The molecule has 2 aromatic carbocycles. The largest absolute Gasteiger partial charge is 0.497 e. The highest BCUT2D eigenvalue weighted by molar-refractivity contribution is 9.10. The van der Waals surface area contributed by atoms with E-state index in [1.807, 2.05) is 18.2 Å². The minimum Gasteiger partial charge on any atom is -0.497 e. The zero-order valence-electron chi connectivity index (χ0n) is 10.4. The smallest absolute Gasteiger partial charge is 0.118 e. The van der Waals surface area contributed by atoms with Crippen molar-refractivity contribution in [2.24, 2.45) is 0 Å². The summed E-state index contributed by atoms with van der Waals surface area (Å²) >= 11 is 3.49. The summed E-state index contributed by atoms with van der Waals surface area (Å²) in [6, 6.07) is 16.6. The molecule has 0 saturated heterocycles. The lowest BCUT2D eigenvalue weighted by Crippen LogP contribution is -2.80. The van der Waals surface area contributed by atoms with Crippen LogP contribution in [-0.2, 0) is 13.1 Å². The van der Waals surface area contributed by atoms with E-state index in [-0.39, 0.29) is 0 Å². The van der Waals surface area contributed by atoms with Gasteiger partial charge in [0, 0.05) is 15.6 Å². The summed E-state index contributed by atoms with van der Waals surface area (Å²) in [5.41, 5.74) is 2.64. The second-order valence-corrected chi connectivity index (χ2v) is 5.09. The van der Waals surface area contributed by atoms with Crippen LogP contribution in [0.1, 0.15) is 11.1 Å². The number of halogens is 1. The monoisotopic (exact) mass is 306 g/mol. The van der Waals surface area contributed by atoms with Crippen molar-refractivity contribution in [1.82, 2.24) is 0 Å². The summed E-state index contributed by atoms with van der Waals surface area (Å²) < 4.78 is 6.28. The van der Waals surface area contributed by atoms with E-state index in [4.69, 9.17) is 4.74 Å². The third-order valence-corrected chi connectivity index (χ3v) is 3.30. The van der Waals surface area contributed by atoms with Crippen molar-refractivity contribution in [3.05, 3.63) is 64.1 Å². The minimum absolute atomic E-state index is 0.908. The van der Waals surface area contributed by atoms with Crippen LogP contribution in [-0.4, -0.2) is 7.11 Å². The maximum atomic E-state index is 5.14. The van der Waals surface area contributed by atoms with Gasteiger partial charge in [-0.15, -0.1) is 0 Å². The lowest BCUT2D eigenvalue weighted by molar-refractivity contribution is -0.686. The molecule has 0 spiro atoms. The number of benzene rings is 2. The van der Waals surface area contributed by atoms with Gasteiger partial charge in [-0.1, -0.05) is 28.1 Å². The molecule has 0 amide bonds. The Balaban J connectivity index is 1.84. The van der Waals surface area contributed by atoms with Gasteiger partial charge in [0.1, 0.15) is 18.8 Å². The molecule has 0 saturated carbocycles. The highest BCUT2D eigenvalue weighted by Crippen LogP contribution is 2.11. The molecule has 18 heavy (non-hydrogen) atoms. The average molecular weight is 307 g/mol. The maximum absolute atomic E-state index is 5.14. The van der Waals surface area contributed by atoms with Gasteiger partial charge >= 0.3 is 0 Å². The zero-order valence-corrected chi connectivity index (χ0v) is 12.0. The number of quaternary nitrogens is 1. The molecule has 2 aromatic rings. The summed E-state index contributed by atoms with van der Waals surface area (Å²) in [6.45, 7) is 1.97. The molecule has 0 unspecified atom stereocenters. The fourth-order valence-corrected chi connectivity index (χ4v) is 2.28. The third kappa shape index (κ3) is 3.86. The van der Waals surface area contributed by atoms with Crippen molar-refractivity contribution in [1.29, 1.82) is 0 Å². The Bertz CT molecular complexity index is 496. The third-order valence-electron chi connectivity index (χ3n) is 2.81. The standard InChI is InChI=1S/C15H16BrNO/c1-18-15-7-5-12(6-8-15)10-17-11-13-3-2-4-14(16)9-13/h2-9,17H,10-11H2,1H3/p+1. The first-order valence-electron chi connectivity index (χ1n) is 5.97. The first-order valence-corrected chi connectivity index (χ1v) is 6.76. The quantitative estimate of drug-likeness (QED) is 0.903. The Morgan fingerprint density at radius 3 is 2.39 bits per heavy atom. The van der Waals surface area contributed by atoms with Crippen molar-refractivity contribution in [2.75, 3.05) is 7.11 Å². The molecule has 94 valence electrons. The van der Waals surface area contributed by atoms with E-state index in [0.29, 0.717) is 0 Å². The van der Waals surface area contributed by atoms with Gasteiger partial charge < -0.3 is 10.1 Å². The molecule has 2 nitrogen and oxygen atoms in total. The van der Waals surface area contributed by atoms with Gasteiger partial charge in [0.25, 0.3) is 0 Å². The summed E-state index contributed by atoms with van der Waals surface area (Å²) in [5, 5.41) is 2.30. The van der Waals surface area contributed by atoms with Crippen LogP contribution in [0.2, 0.25) is 0 Å². The molecule has 0 aromatic heterocycles. The summed E-state index contributed by atoms with van der Waals surface area (Å²) in [7, 11) is 1.69. The van der Waals surface area contributed by atoms with E-state index in [1.54, 1.807) is 7.11 Å². The van der Waals surface area contributed by atoms with Crippen molar-refractivity contribution in [3.63, 3.8) is 0 Å². The Hall–Kier alpha value is -1.32. The van der Waals surface area contributed by atoms with E-state index in [0.717, 1.165) is 23.3 Å². The highest BCUT2D eigenvalue weighted by atomic mass is 79.9. The van der Waals surface area contributed by atoms with Gasteiger partial charge in [-0.05, 0) is 36.4 Å². The molecule has 0 fully saturated rings. The molecule has 2 N–H and O–H groups in total. The zero-order chi connectivity index (χ0) is 12.8. The molecule has 0 aliphatic carbocycles. The number of ether oxygens (including phenoxy) is 1. The first-order chi connectivity index (χ1) is 8.78. The molecule has 0 aliphatic rings. The molecule has 0 radical (unpaired) electrons. The fraction of sp³-hybridized carbons (Fsp3) is 0.200. The molecule has 0 heterocycles. The average Bonchev–Trinajstić information content (AvgIpc) is 2.40.